The number of hydrogen-bond acceptors (Lipinski definition) is 7. The van der Waals surface area contributed by atoms with Gasteiger partial charge in [-0.15, -0.1) is 11.8 Å². The van der Waals surface area contributed by atoms with Crippen LogP contribution in [0.4, 0.5) is 5.69 Å². The van der Waals surface area contributed by atoms with Gasteiger partial charge in [-0.3, -0.25) is 9.59 Å². The van der Waals surface area contributed by atoms with Crippen LogP contribution in [0.3, 0.4) is 0 Å². The van der Waals surface area contributed by atoms with Crippen molar-refractivity contribution in [3.63, 3.8) is 0 Å². The second kappa shape index (κ2) is 10.8. The molecule has 0 spiro atoms. The Morgan fingerprint density at radius 2 is 1.78 bits per heavy atom. The molecule has 1 aliphatic heterocycles. The lowest BCUT2D eigenvalue weighted by Gasteiger charge is -2.23. The molecule has 0 aromatic heterocycles. The summed E-state index contributed by atoms with van der Waals surface area (Å²) >= 11 is 1.48. The third kappa shape index (κ3) is 5.80. The van der Waals surface area contributed by atoms with E-state index in [0.717, 1.165) is 0 Å². The van der Waals surface area contributed by atoms with E-state index in [1.807, 2.05) is 0 Å². The summed E-state index contributed by atoms with van der Waals surface area (Å²) in [6.07, 6.45) is 0. The molecule has 1 atom stereocenters. The van der Waals surface area contributed by atoms with Crippen molar-refractivity contribution >= 4 is 39.3 Å². The summed E-state index contributed by atoms with van der Waals surface area (Å²) in [6, 6.07) is 12.0. The molecule has 0 saturated carbocycles. The number of rotatable bonds is 9. The molecule has 172 valence electrons. The Morgan fingerprint density at radius 3 is 2.41 bits per heavy atom. The number of amides is 2. The van der Waals surface area contributed by atoms with Crippen molar-refractivity contribution in [2.45, 2.75) is 10.9 Å². The fraction of sp³-hybridized carbons (Fsp3) is 0.333. The van der Waals surface area contributed by atoms with Gasteiger partial charge in [0.15, 0.2) is 0 Å². The molecule has 1 unspecified atom stereocenters. The predicted molar refractivity (Wildman–Crippen MR) is 122 cm³/mol. The van der Waals surface area contributed by atoms with Gasteiger partial charge in [0, 0.05) is 30.7 Å². The average molecular weight is 480 g/mol. The third-order valence-electron chi connectivity index (χ3n) is 4.81. The number of anilines is 1. The van der Waals surface area contributed by atoms with Crippen LogP contribution in [0.2, 0.25) is 0 Å². The quantitative estimate of drug-likeness (QED) is 0.527. The van der Waals surface area contributed by atoms with Crippen LogP contribution in [-0.4, -0.2) is 70.2 Å². The summed E-state index contributed by atoms with van der Waals surface area (Å²) in [5.41, 5.74) is 0.918. The summed E-state index contributed by atoms with van der Waals surface area (Å²) in [7, 11) is -0.646. The second-order valence-corrected chi connectivity index (χ2v) is 9.69. The van der Waals surface area contributed by atoms with Crippen molar-refractivity contribution in [3.05, 3.63) is 54.1 Å². The summed E-state index contributed by atoms with van der Waals surface area (Å²) in [6.45, 7) is 0.401. The van der Waals surface area contributed by atoms with E-state index < -0.39 is 16.1 Å². The molecule has 3 rings (SSSR count). The van der Waals surface area contributed by atoms with Crippen molar-refractivity contribution in [2.75, 3.05) is 44.3 Å². The van der Waals surface area contributed by atoms with Gasteiger partial charge < -0.3 is 19.7 Å². The first-order valence-electron chi connectivity index (χ1n) is 9.78. The molecular formula is C21H25N3O6S2. The van der Waals surface area contributed by atoms with Crippen molar-refractivity contribution in [3.8, 4) is 5.75 Å². The Hall–Kier alpha value is -2.60. The number of thioether (sulfide) groups is 1. The van der Waals surface area contributed by atoms with E-state index in [0.29, 0.717) is 28.6 Å². The summed E-state index contributed by atoms with van der Waals surface area (Å²) in [4.78, 5) is 27.3. The Kier molecular flexibility index (Phi) is 8.13. The number of carbonyl (C=O) groups is 2. The first-order chi connectivity index (χ1) is 15.4. The molecule has 1 fully saturated rings. The lowest BCUT2D eigenvalue weighted by atomic mass is 10.1. The summed E-state index contributed by atoms with van der Waals surface area (Å²) in [5.74, 6) is 0.911. The normalized spacial score (nSPS) is 16.1. The zero-order valence-corrected chi connectivity index (χ0v) is 19.4. The standard InChI is InChI=1S/C21H25N3O6S2/c1-29-12-11-22-32(27,28)18-9-3-15(4-10-18)21(26)24-14-31-13-19(24)20(25)23-16-5-7-17(30-2)8-6-16/h3-10,19,22H,11-14H2,1-2H3,(H,23,25). The number of hydrogen-bond donors (Lipinski definition) is 2. The van der Waals surface area contributed by atoms with E-state index in [9.17, 15) is 18.0 Å². The Bertz CT molecular complexity index is 1040. The first kappa shape index (κ1) is 24.1. The molecule has 2 aromatic carbocycles. The predicted octanol–water partition coefficient (Wildman–Crippen LogP) is 1.77. The van der Waals surface area contributed by atoms with Crippen molar-refractivity contribution in [2.24, 2.45) is 0 Å². The van der Waals surface area contributed by atoms with Crippen LogP contribution in [0.5, 0.6) is 5.75 Å². The summed E-state index contributed by atoms with van der Waals surface area (Å²) < 4.78 is 36.9. The van der Waals surface area contributed by atoms with Gasteiger partial charge in [-0.1, -0.05) is 0 Å². The first-order valence-corrected chi connectivity index (χ1v) is 12.4. The van der Waals surface area contributed by atoms with Crippen LogP contribution < -0.4 is 14.8 Å². The lowest BCUT2D eigenvalue weighted by Crippen LogP contribution is -2.44. The van der Waals surface area contributed by atoms with Gasteiger partial charge in [-0.25, -0.2) is 13.1 Å². The van der Waals surface area contributed by atoms with Gasteiger partial charge in [-0.05, 0) is 48.5 Å². The van der Waals surface area contributed by atoms with E-state index in [1.54, 1.807) is 31.4 Å². The van der Waals surface area contributed by atoms with E-state index in [4.69, 9.17) is 9.47 Å². The molecule has 1 aliphatic rings. The fourth-order valence-electron chi connectivity index (χ4n) is 3.06. The Morgan fingerprint density at radius 1 is 1.09 bits per heavy atom. The molecule has 2 amide bonds. The highest BCUT2D eigenvalue weighted by molar-refractivity contribution is 7.99. The maximum atomic E-state index is 13.0. The minimum Gasteiger partial charge on any atom is -0.497 e. The molecule has 0 aliphatic carbocycles. The molecule has 11 heteroatoms. The number of carbonyl (C=O) groups excluding carboxylic acids is 2. The van der Waals surface area contributed by atoms with Crippen LogP contribution in [0, 0.1) is 0 Å². The molecule has 0 bridgehead atoms. The summed E-state index contributed by atoms with van der Waals surface area (Å²) in [5, 5.41) is 2.83. The largest absolute Gasteiger partial charge is 0.497 e. The van der Waals surface area contributed by atoms with Crippen LogP contribution in [-0.2, 0) is 19.6 Å². The van der Waals surface area contributed by atoms with Gasteiger partial charge >= 0.3 is 0 Å². The highest BCUT2D eigenvalue weighted by Gasteiger charge is 2.35. The minimum atomic E-state index is -3.69. The van der Waals surface area contributed by atoms with Gasteiger partial charge in [-0.2, -0.15) is 0 Å². The zero-order valence-electron chi connectivity index (χ0n) is 17.7. The average Bonchev–Trinajstić information content (AvgIpc) is 3.29. The SMILES string of the molecule is COCCNS(=O)(=O)c1ccc(C(=O)N2CSCC2C(=O)Nc2ccc(OC)cc2)cc1. The Labute approximate surface area is 191 Å². The van der Waals surface area contributed by atoms with Crippen molar-refractivity contribution < 1.29 is 27.5 Å². The Balaban J connectivity index is 1.67. The molecule has 1 heterocycles. The number of ether oxygens (including phenoxy) is 2. The van der Waals surface area contributed by atoms with Crippen LogP contribution >= 0.6 is 11.8 Å². The minimum absolute atomic E-state index is 0.0507. The third-order valence-corrected chi connectivity index (χ3v) is 7.30. The smallest absolute Gasteiger partial charge is 0.255 e. The van der Waals surface area contributed by atoms with Gasteiger partial charge in [0.1, 0.15) is 11.8 Å². The van der Waals surface area contributed by atoms with E-state index >= 15 is 0 Å². The zero-order chi connectivity index (χ0) is 23.1. The highest BCUT2D eigenvalue weighted by Crippen LogP contribution is 2.25. The lowest BCUT2D eigenvalue weighted by molar-refractivity contribution is -0.119. The maximum Gasteiger partial charge on any atom is 0.255 e. The second-order valence-electron chi connectivity index (χ2n) is 6.92. The fourth-order valence-corrected chi connectivity index (χ4v) is 5.23. The number of nitrogens with zero attached hydrogens (tertiary/aromatic N) is 1. The van der Waals surface area contributed by atoms with Crippen molar-refractivity contribution in [1.82, 2.24) is 9.62 Å². The number of benzene rings is 2. The highest BCUT2D eigenvalue weighted by atomic mass is 32.2. The van der Waals surface area contributed by atoms with Gasteiger partial charge in [0.2, 0.25) is 15.9 Å². The van der Waals surface area contributed by atoms with Gasteiger partial charge in [0.25, 0.3) is 5.91 Å². The number of methoxy groups -OCH3 is 2. The molecule has 1 saturated heterocycles. The van der Waals surface area contributed by atoms with Gasteiger partial charge in [0.05, 0.1) is 24.5 Å². The van der Waals surface area contributed by atoms with E-state index in [-0.39, 0.29) is 29.9 Å². The van der Waals surface area contributed by atoms with E-state index in [2.05, 4.69) is 10.0 Å². The molecule has 2 aromatic rings. The maximum absolute atomic E-state index is 13.0. The molecular weight excluding hydrogens is 454 g/mol. The number of nitrogens with one attached hydrogen (secondary N) is 2. The molecule has 9 nitrogen and oxygen atoms in total. The topological polar surface area (TPSA) is 114 Å². The van der Waals surface area contributed by atoms with Crippen LogP contribution in [0.25, 0.3) is 0 Å². The van der Waals surface area contributed by atoms with E-state index in [1.165, 1.54) is 48.0 Å². The monoisotopic (exact) mass is 479 g/mol. The van der Waals surface area contributed by atoms with Crippen LogP contribution in [0.1, 0.15) is 10.4 Å². The number of sulfonamides is 1. The molecule has 0 radical (unpaired) electrons. The molecule has 2 N–H and O–H groups in total. The van der Waals surface area contributed by atoms with Crippen LogP contribution in [0.15, 0.2) is 53.4 Å². The van der Waals surface area contributed by atoms with Crippen molar-refractivity contribution in [1.29, 1.82) is 0 Å². The molecule has 32 heavy (non-hydrogen) atoms.